The summed E-state index contributed by atoms with van der Waals surface area (Å²) in [5.74, 6) is -0.521. The number of rotatable bonds is 6. The van der Waals surface area contributed by atoms with Gasteiger partial charge in [-0.1, -0.05) is 40.7 Å². The van der Waals surface area contributed by atoms with Crippen molar-refractivity contribution in [3.05, 3.63) is 23.8 Å². The van der Waals surface area contributed by atoms with Crippen LogP contribution in [-0.4, -0.2) is 30.9 Å². The first-order chi connectivity index (χ1) is 10.4. The summed E-state index contributed by atoms with van der Waals surface area (Å²) in [6.45, 7) is 9.75. The Bertz CT molecular complexity index is 658. The molecule has 0 aliphatic heterocycles. The van der Waals surface area contributed by atoms with Crippen LogP contribution in [0.15, 0.2) is 18.2 Å². The lowest BCUT2D eigenvalue weighted by Gasteiger charge is -2.20. The highest BCUT2D eigenvalue weighted by atomic mass is 32.2. The van der Waals surface area contributed by atoms with Gasteiger partial charge in [0.2, 0.25) is 5.91 Å². The smallest absolute Gasteiger partial charge is 0.225 e. The average molecular weight is 341 g/mol. The molecule has 0 aromatic heterocycles. The van der Waals surface area contributed by atoms with Crippen LogP contribution in [0.3, 0.4) is 0 Å². The van der Waals surface area contributed by atoms with Crippen LogP contribution in [0.1, 0.15) is 46.6 Å². The fourth-order valence-corrected chi connectivity index (χ4v) is 3.83. The molecule has 2 N–H and O–H groups in total. The van der Waals surface area contributed by atoms with E-state index in [4.69, 9.17) is 0 Å². The topological polar surface area (TPSA) is 83.5 Å². The summed E-state index contributed by atoms with van der Waals surface area (Å²) in [6, 6.07) is 5.06. The Morgan fingerprint density at radius 3 is 2.39 bits per heavy atom. The molecule has 6 heteroatoms. The Morgan fingerprint density at radius 2 is 1.87 bits per heavy atom. The normalized spacial score (nSPS) is 12.4. The Hall–Kier alpha value is -1.56. The van der Waals surface area contributed by atoms with Gasteiger partial charge >= 0.3 is 0 Å². The van der Waals surface area contributed by atoms with E-state index < -0.39 is 15.7 Å². The van der Waals surface area contributed by atoms with Crippen LogP contribution in [0.25, 0.3) is 0 Å². The van der Waals surface area contributed by atoms with Gasteiger partial charge in [-0.3, -0.25) is 4.79 Å². The maximum Gasteiger partial charge on any atom is 0.225 e. The summed E-state index contributed by atoms with van der Waals surface area (Å²) in [5, 5.41) is 12.5. The SMILES string of the molecule is CC(C)CS(=O)(=O)CCC(=O)Nc1cc(C(C)(C)C)ccc1O. The van der Waals surface area contributed by atoms with Gasteiger partial charge in [0.1, 0.15) is 5.75 Å². The van der Waals surface area contributed by atoms with Gasteiger partial charge in [-0.15, -0.1) is 0 Å². The molecule has 1 amide bonds. The molecule has 0 bridgehead atoms. The fourth-order valence-electron chi connectivity index (χ4n) is 2.15. The van der Waals surface area contributed by atoms with Crippen LogP contribution < -0.4 is 5.32 Å². The number of sulfone groups is 1. The standard InChI is InChI=1S/C17H27NO4S/c1-12(2)11-23(21,22)9-8-16(20)18-14-10-13(17(3,4)5)6-7-15(14)19/h6-7,10,12,19H,8-9,11H2,1-5H3,(H,18,20). The maximum atomic E-state index is 12.0. The molecule has 0 saturated heterocycles. The van der Waals surface area contributed by atoms with Crippen molar-refractivity contribution < 1.29 is 18.3 Å². The van der Waals surface area contributed by atoms with E-state index in [9.17, 15) is 18.3 Å². The number of phenolic OH excluding ortho intramolecular Hbond substituents is 1. The Labute approximate surface area is 139 Å². The second-order valence-corrected chi connectivity index (χ2v) is 9.52. The van der Waals surface area contributed by atoms with E-state index in [-0.39, 0.29) is 35.0 Å². The summed E-state index contributed by atoms with van der Waals surface area (Å²) < 4.78 is 23.6. The number of aromatic hydroxyl groups is 1. The molecule has 5 nitrogen and oxygen atoms in total. The van der Waals surface area contributed by atoms with Gasteiger partial charge < -0.3 is 10.4 Å². The molecule has 1 aromatic rings. The molecular formula is C17H27NO4S. The largest absolute Gasteiger partial charge is 0.506 e. The molecule has 0 atom stereocenters. The van der Waals surface area contributed by atoms with Crippen LogP contribution in [0.2, 0.25) is 0 Å². The first kappa shape index (κ1) is 19.5. The molecule has 130 valence electrons. The lowest BCUT2D eigenvalue weighted by molar-refractivity contribution is -0.115. The molecule has 0 spiro atoms. The molecule has 23 heavy (non-hydrogen) atoms. The van der Waals surface area contributed by atoms with E-state index in [0.29, 0.717) is 5.69 Å². The zero-order valence-electron chi connectivity index (χ0n) is 14.5. The summed E-state index contributed by atoms with van der Waals surface area (Å²) in [5.41, 5.74) is 1.16. The number of hydrogen-bond donors (Lipinski definition) is 2. The molecule has 0 fully saturated rings. The summed E-state index contributed by atoms with van der Waals surface area (Å²) in [4.78, 5) is 12.0. The number of anilines is 1. The van der Waals surface area contributed by atoms with Gasteiger partial charge in [-0.25, -0.2) is 8.42 Å². The molecule has 0 unspecified atom stereocenters. The van der Waals surface area contributed by atoms with E-state index in [2.05, 4.69) is 5.32 Å². The summed E-state index contributed by atoms with van der Waals surface area (Å²) in [7, 11) is -3.23. The van der Waals surface area contributed by atoms with Crippen molar-refractivity contribution in [1.29, 1.82) is 0 Å². The van der Waals surface area contributed by atoms with Gasteiger partial charge in [0.25, 0.3) is 0 Å². The van der Waals surface area contributed by atoms with Crippen molar-refractivity contribution in [2.75, 3.05) is 16.8 Å². The van der Waals surface area contributed by atoms with Gasteiger partial charge in [0, 0.05) is 6.42 Å². The zero-order chi connectivity index (χ0) is 17.8. The van der Waals surface area contributed by atoms with Gasteiger partial charge in [0.05, 0.1) is 17.2 Å². The predicted molar refractivity (Wildman–Crippen MR) is 93.5 cm³/mol. The van der Waals surface area contributed by atoms with E-state index in [0.717, 1.165) is 5.56 Å². The number of hydrogen-bond acceptors (Lipinski definition) is 4. The Balaban J connectivity index is 2.75. The van der Waals surface area contributed by atoms with Crippen molar-refractivity contribution >= 4 is 21.4 Å². The highest BCUT2D eigenvalue weighted by molar-refractivity contribution is 7.91. The number of benzene rings is 1. The minimum Gasteiger partial charge on any atom is -0.506 e. The molecule has 0 aliphatic rings. The summed E-state index contributed by atoms with van der Waals surface area (Å²) in [6.07, 6.45) is -0.117. The van der Waals surface area contributed by atoms with Gasteiger partial charge in [0.15, 0.2) is 9.84 Å². The number of carbonyl (C=O) groups excluding carboxylic acids is 1. The van der Waals surface area contributed by atoms with Crippen LogP contribution >= 0.6 is 0 Å². The first-order valence-corrected chi connectivity index (χ1v) is 9.56. The molecule has 0 heterocycles. The minimum atomic E-state index is -3.23. The third-order valence-corrected chi connectivity index (χ3v) is 5.36. The molecule has 1 aromatic carbocycles. The second kappa shape index (κ2) is 7.34. The third kappa shape index (κ3) is 6.60. The van der Waals surface area contributed by atoms with Crippen molar-refractivity contribution in [1.82, 2.24) is 0 Å². The second-order valence-electron chi connectivity index (χ2n) is 7.29. The monoisotopic (exact) mass is 341 g/mol. The molecule has 1 rings (SSSR count). The lowest BCUT2D eigenvalue weighted by Crippen LogP contribution is -2.21. The highest BCUT2D eigenvalue weighted by Crippen LogP contribution is 2.30. The first-order valence-electron chi connectivity index (χ1n) is 7.74. The zero-order valence-corrected chi connectivity index (χ0v) is 15.3. The average Bonchev–Trinajstić information content (AvgIpc) is 2.36. The molecule has 0 aliphatic carbocycles. The van der Waals surface area contributed by atoms with Crippen LogP contribution in [0.4, 0.5) is 5.69 Å². The van der Waals surface area contributed by atoms with E-state index in [1.165, 1.54) is 6.07 Å². The van der Waals surface area contributed by atoms with Crippen molar-refractivity contribution in [2.45, 2.75) is 46.5 Å². The van der Waals surface area contributed by atoms with Gasteiger partial charge in [-0.05, 0) is 29.0 Å². The minimum absolute atomic E-state index is 0.0311. The number of carbonyl (C=O) groups is 1. The van der Waals surface area contributed by atoms with Crippen LogP contribution in [-0.2, 0) is 20.0 Å². The Kier molecular flexibility index (Phi) is 6.22. The third-order valence-electron chi connectivity index (χ3n) is 3.36. The van der Waals surface area contributed by atoms with Crippen LogP contribution in [0, 0.1) is 5.92 Å². The lowest BCUT2D eigenvalue weighted by atomic mass is 9.87. The van der Waals surface area contributed by atoms with Crippen molar-refractivity contribution in [2.24, 2.45) is 5.92 Å². The molecular weight excluding hydrogens is 314 g/mol. The summed E-state index contributed by atoms with van der Waals surface area (Å²) >= 11 is 0. The Morgan fingerprint density at radius 1 is 1.26 bits per heavy atom. The molecule has 0 radical (unpaired) electrons. The number of phenols is 1. The quantitative estimate of drug-likeness (QED) is 0.779. The number of amides is 1. The highest BCUT2D eigenvalue weighted by Gasteiger charge is 2.18. The fraction of sp³-hybridized carbons (Fsp3) is 0.588. The van der Waals surface area contributed by atoms with Crippen LogP contribution in [0.5, 0.6) is 5.75 Å². The predicted octanol–water partition coefficient (Wildman–Crippen LogP) is 3.09. The number of nitrogens with one attached hydrogen (secondary N) is 1. The van der Waals surface area contributed by atoms with E-state index in [1.54, 1.807) is 12.1 Å². The van der Waals surface area contributed by atoms with Crippen molar-refractivity contribution in [3.63, 3.8) is 0 Å². The molecule has 0 saturated carbocycles. The van der Waals surface area contributed by atoms with Crippen molar-refractivity contribution in [3.8, 4) is 5.75 Å². The van der Waals surface area contributed by atoms with Gasteiger partial charge in [-0.2, -0.15) is 0 Å². The van der Waals surface area contributed by atoms with E-state index >= 15 is 0 Å². The maximum absolute atomic E-state index is 12.0. The van der Waals surface area contributed by atoms with E-state index in [1.807, 2.05) is 34.6 Å².